The molecule has 1 aromatic carbocycles. The van der Waals surface area contributed by atoms with E-state index in [0.29, 0.717) is 34.4 Å². The molecule has 0 saturated heterocycles. The van der Waals surface area contributed by atoms with Crippen LogP contribution in [0.4, 0.5) is 5.69 Å². The van der Waals surface area contributed by atoms with Crippen LogP contribution in [0.1, 0.15) is 24.2 Å². The van der Waals surface area contributed by atoms with E-state index in [0.717, 1.165) is 0 Å². The lowest BCUT2D eigenvalue weighted by Gasteiger charge is -2.19. The minimum absolute atomic E-state index is 0.0891. The maximum atomic E-state index is 12.0. The molecular formula is C11H14Cl2N2O. The molecular weight excluding hydrogens is 247 g/mol. The molecule has 0 atom stereocenters. The van der Waals surface area contributed by atoms with Crippen LogP contribution in [0, 0.1) is 0 Å². The van der Waals surface area contributed by atoms with Crippen LogP contribution in [0.15, 0.2) is 12.1 Å². The number of nitrogens with zero attached hydrogens (tertiary/aromatic N) is 1. The van der Waals surface area contributed by atoms with Crippen molar-refractivity contribution in [3.63, 3.8) is 0 Å². The Kier molecular flexibility index (Phi) is 4.44. The third-order valence-corrected chi connectivity index (χ3v) is 3.00. The van der Waals surface area contributed by atoms with Gasteiger partial charge >= 0.3 is 0 Å². The molecule has 0 bridgehead atoms. The number of halogens is 2. The average Bonchev–Trinajstić information content (AvgIpc) is 2.26. The molecule has 1 rings (SSSR count). The number of carbonyl (C=O) groups excluding carboxylic acids is 1. The molecule has 88 valence electrons. The van der Waals surface area contributed by atoms with Crippen LogP contribution >= 0.6 is 23.2 Å². The van der Waals surface area contributed by atoms with Crippen molar-refractivity contribution < 1.29 is 4.79 Å². The minimum atomic E-state index is -0.0891. The van der Waals surface area contributed by atoms with Gasteiger partial charge in [-0.25, -0.2) is 0 Å². The topological polar surface area (TPSA) is 46.3 Å². The Morgan fingerprint density at radius 1 is 1.25 bits per heavy atom. The van der Waals surface area contributed by atoms with Crippen LogP contribution in [0.5, 0.6) is 0 Å². The van der Waals surface area contributed by atoms with Crippen LogP contribution in [0.25, 0.3) is 0 Å². The summed E-state index contributed by atoms with van der Waals surface area (Å²) in [5.74, 6) is -0.0891. The van der Waals surface area contributed by atoms with E-state index in [1.807, 2.05) is 13.8 Å². The van der Waals surface area contributed by atoms with Crippen LogP contribution < -0.4 is 5.73 Å². The summed E-state index contributed by atoms with van der Waals surface area (Å²) in [6, 6.07) is 3.09. The summed E-state index contributed by atoms with van der Waals surface area (Å²) in [4.78, 5) is 13.7. The molecule has 0 aromatic heterocycles. The molecule has 0 saturated carbocycles. The molecule has 3 nitrogen and oxygen atoms in total. The Bertz CT molecular complexity index is 380. The molecule has 5 heteroatoms. The highest BCUT2D eigenvalue weighted by molar-refractivity contribution is 6.39. The summed E-state index contributed by atoms with van der Waals surface area (Å²) in [7, 11) is 0. The monoisotopic (exact) mass is 260 g/mol. The summed E-state index contributed by atoms with van der Waals surface area (Å²) in [6.45, 7) is 5.13. The number of hydrogen-bond donors (Lipinski definition) is 1. The van der Waals surface area contributed by atoms with E-state index in [1.54, 1.807) is 17.0 Å². The standard InChI is InChI=1S/C11H14Cl2N2O/c1-3-15(4-2)11(16)7-5-8(12)10(14)9(13)6-7/h5-6H,3-4,14H2,1-2H3. The zero-order valence-corrected chi connectivity index (χ0v) is 10.8. The summed E-state index contributed by atoms with van der Waals surface area (Å²) in [5, 5.41) is 0.617. The number of carbonyl (C=O) groups is 1. The van der Waals surface area contributed by atoms with Gasteiger partial charge in [0.05, 0.1) is 15.7 Å². The summed E-state index contributed by atoms with van der Waals surface area (Å²) in [6.07, 6.45) is 0. The third-order valence-electron chi connectivity index (χ3n) is 2.38. The van der Waals surface area contributed by atoms with Gasteiger partial charge in [0, 0.05) is 18.7 Å². The van der Waals surface area contributed by atoms with Crippen molar-refractivity contribution in [2.24, 2.45) is 0 Å². The van der Waals surface area contributed by atoms with Crippen molar-refractivity contribution in [1.29, 1.82) is 0 Å². The van der Waals surface area contributed by atoms with E-state index in [-0.39, 0.29) is 5.91 Å². The summed E-state index contributed by atoms with van der Waals surface area (Å²) in [5.41, 5.74) is 6.37. The first-order chi connectivity index (χ1) is 7.51. The Morgan fingerprint density at radius 2 is 1.69 bits per heavy atom. The Hall–Kier alpha value is -0.930. The van der Waals surface area contributed by atoms with E-state index in [4.69, 9.17) is 28.9 Å². The van der Waals surface area contributed by atoms with Gasteiger partial charge in [-0.05, 0) is 26.0 Å². The van der Waals surface area contributed by atoms with E-state index in [2.05, 4.69) is 0 Å². The fourth-order valence-corrected chi connectivity index (χ4v) is 1.89. The van der Waals surface area contributed by atoms with Gasteiger partial charge in [0.2, 0.25) is 0 Å². The molecule has 1 amide bonds. The lowest BCUT2D eigenvalue weighted by atomic mass is 10.2. The zero-order chi connectivity index (χ0) is 12.3. The van der Waals surface area contributed by atoms with Crippen molar-refractivity contribution >= 4 is 34.8 Å². The molecule has 0 aliphatic heterocycles. The molecule has 0 heterocycles. The van der Waals surface area contributed by atoms with Gasteiger partial charge < -0.3 is 10.6 Å². The van der Waals surface area contributed by atoms with Crippen molar-refractivity contribution in [2.75, 3.05) is 18.8 Å². The Balaban J connectivity index is 3.10. The first-order valence-corrected chi connectivity index (χ1v) is 5.80. The van der Waals surface area contributed by atoms with Crippen LogP contribution in [-0.4, -0.2) is 23.9 Å². The quantitative estimate of drug-likeness (QED) is 0.850. The minimum Gasteiger partial charge on any atom is -0.396 e. The van der Waals surface area contributed by atoms with Crippen molar-refractivity contribution in [1.82, 2.24) is 4.90 Å². The van der Waals surface area contributed by atoms with Gasteiger partial charge in [-0.2, -0.15) is 0 Å². The van der Waals surface area contributed by atoms with Crippen LogP contribution in [0.2, 0.25) is 10.0 Å². The highest BCUT2D eigenvalue weighted by Gasteiger charge is 2.15. The molecule has 1 aromatic rings. The maximum Gasteiger partial charge on any atom is 0.253 e. The normalized spacial score (nSPS) is 10.2. The second-order valence-electron chi connectivity index (χ2n) is 3.33. The molecule has 0 aliphatic rings. The number of anilines is 1. The number of hydrogen-bond acceptors (Lipinski definition) is 2. The third kappa shape index (κ3) is 2.60. The Morgan fingerprint density at radius 3 is 2.06 bits per heavy atom. The first-order valence-electron chi connectivity index (χ1n) is 5.05. The van der Waals surface area contributed by atoms with Crippen LogP contribution in [-0.2, 0) is 0 Å². The number of nitrogen functional groups attached to an aromatic ring is 1. The second-order valence-corrected chi connectivity index (χ2v) is 4.15. The molecule has 0 unspecified atom stereocenters. The Labute approximate surface area is 105 Å². The van der Waals surface area contributed by atoms with Crippen molar-refractivity contribution in [3.8, 4) is 0 Å². The number of rotatable bonds is 3. The highest BCUT2D eigenvalue weighted by Crippen LogP contribution is 2.29. The number of nitrogens with two attached hydrogens (primary N) is 1. The van der Waals surface area contributed by atoms with Crippen LogP contribution in [0.3, 0.4) is 0 Å². The first kappa shape index (κ1) is 13.1. The summed E-state index contributed by atoms with van der Waals surface area (Å²) < 4.78 is 0. The smallest absolute Gasteiger partial charge is 0.253 e. The lowest BCUT2D eigenvalue weighted by molar-refractivity contribution is 0.0773. The number of amides is 1. The average molecular weight is 261 g/mol. The van der Waals surface area contributed by atoms with E-state index >= 15 is 0 Å². The molecule has 0 aliphatic carbocycles. The van der Waals surface area contributed by atoms with E-state index in [1.165, 1.54) is 0 Å². The lowest BCUT2D eigenvalue weighted by Crippen LogP contribution is -2.30. The zero-order valence-electron chi connectivity index (χ0n) is 9.26. The molecule has 0 radical (unpaired) electrons. The highest BCUT2D eigenvalue weighted by atomic mass is 35.5. The van der Waals surface area contributed by atoms with Gasteiger partial charge in [0.25, 0.3) is 5.91 Å². The second kappa shape index (κ2) is 5.41. The molecule has 0 spiro atoms. The largest absolute Gasteiger partial charge is 0.396 e. The SMILES string of the molecule is CCN(CC)C(=O)c1cc(Cl)c(N)c(Cl)c1. The van der Waals surface area contributed by atoms with Gasteiger partial charge in [-0.1, -0.05) is 23.2 Å². The van der Waals surface area contributed by atoms with E-state index in [9.17, 15) is 4.79 Å². The number of benzene rings is 1. The molecule has 16 heavy (non-hydrogen) atoms. The van der Waals surface area contributed by atoms with Gasteiger partial charge in [-0.15, -0.1) is 0 Å². The predicted molar refractivity (Wildman–Crippen MR) is 68.1 cm³/mol. The molecule has 2 N–H and O–H groups in total. The fourth-order valence-electron chi connectivity index (χ4n) is 1.40. The summed E-state index contributed by atoms with van der Waals surface area (Å²) >= 11 is 11.7. The fraction of sp³-hybridized carbons (Fsp3) is 0.364. The molecule has 0 fully saturated rings. The maximum absolute atomic E-state index is 12.0. The van der Waals surface area contributed by atoms with Crippen molar-refractivity contribution in [3.05, 3.63) is 27.7 Å². The van der Waals surface area contributed by atoms with Gasteiger partial charge in [-0.3, -0.25) is 4.79 Å². The van der Waals surface area contributed by atoms with Gasteiger partial charge in [0.15, 0.2) is 0 Å². The van der Waals surface area contributed by atoms with Gasteiger partial charge in [0.1, 0.15) is 0 Å². The van der Waals surface area contributed by atoms with Crippen molar-refractivity contribution in [2.45, 2.75) is 13.8 Å². The van der Waals surface area contributed by atoms with E-state index < -0.39 is 0 Å². The predicted octanol–water partition coefficient (Wildman–Crippen LogP) is 3.06.